The molecule has 5 N–H and O–H groups in total. The SMILES string of the molecule is COCCCCCNc1ncc(N)cc1C(N)=O. The Morgan fingerprint density at radius 2 is 2.22 bits per heavy atom. The normalized spacial score (nSPS) is 10.3. The van der Waals surface area contributed by atoms with Crippen LogP contribution < -0.4 is 16.8 Å². The summed E-state index contributed by atoms with van der Waals surface area (Å²) in [6.07, 6.45) is 4.56. The van der Waals surface area contributed by atoms with Crippen LogP contribution in [-0.4, -0.2) is 31.2 Å². The molecule has 0 spiro atoms. The van der Waals surface area contributed by atoms with Gasteiger partial charge in [-0.25, -0.2) is 4.98 Å². The Balaban J connectivity index is 2.44. The Morgan fingerprint density at radius 3 is 2.89 bits per heavy atom. The molecule has 0 fully saturated rings. The summed E-state index contributed by atoms with van der Waals surface area (Å²) in [5.74, 6) is -0.0416. The van der Waals surface area contributed by atoms with Crippen LogP contribution in [0.5, 0.6) is 0 Å². The Hall–Kier alpha value is -1.82. The van der Waals surface area contributed by atoms with E-state index in [2.05, 4.69) is 10.3 Å². The van der Waals surface area contributed by atoms with Gasteiger partial charge in [0.2, 0.25) is 0 Å². The van der Waals surface area contributed by atoms with Crippen LogP contribution in [0.2, 0.25) is 0 Å². The first-order valence-corrected chi connectivity index (χ1v) is 5.93. The van der Waals surface area contributed by atoms with Gasteiger partial charge in [-0.1, -0.05) is 0 Å². The molecule has 18 heavy (non-hydrogen) atoms. The van der Waals surface area contributed by atoms with E-state index in [9.17, 15) is 4.79 Å². The number of unbranched alkanes of at least 4 members (excludes halogenated alkanes) is 2. The number of nitrogen functional groups attached to an aromatic ring is 1. The van der Waals surface area contributed by atoms with E-state index in [1.165, 1.54) is 12.3 Å². The van der Waals surface area contributed by atoms with E-state index in [4.69, 9.17) is 16.2 Å². The molecule has 1 rings (SSSR count). The van der Waals surface area contributed by atoms with Crippen molar-refractivity contribution in [3.8, 4) is 0 Å². The molecule has 0 aliphatic rings. The molecule has 0 atom stereocenters. The van der Waals surface area contributed by atoms with E-state index in [0.717, 1.165) is 32.4 Å². The first-order valence-electron chi connectivity index (χ1n) is 5.93. The summed E-state index contributed by atoms with van der Waals surface area (Å²) in [6.45, 7) is 1.51. The zero-order chi connectivity index (χ0) is 13.4. The zero-order valence-corrected chi connectivity index (χ0v) is 10.6. The molecular formula is C12H20N4O2. The lowest BCUT2D eigenvalue weighted by Crippen LogP contribution is -2.16. The maximum atomic E-state index is 11.2. The molecule has 0 aliphatic heterocycles. The molecule has 0 aliphatic carbocycles. The van der Waals surface area contributed by atoms with Gasteiger partial charge in [0.05, 0.1) is 17.4 Å². The molecule has 1 aromatic heterocycles. The summed E-state index contributed by atoms with van der Waals surface area (Å²) >= 11 is 0. The molecule has 1 aromatic rings. The van der Waals surface area contributed by atoms with Crippen LogP contribution in [0.25, 0.3) is 0 Å². The third-order valence-electron chi connectivity index (χ3n) is 2.49. The second kappa shape index (κ2) is 7.50. The van der Waals surface area contributed by atoms with Crippen molar-refractivity contribution >= 4 is 17.4 Å². The van der Waals surface area contributed by atoms with Gasteiger partial charge < -0.3 is 21.5 Å². The van der Waals surface area contributed by atoms with Crippen molar-refractivity contribution in [3.63, 3.8) is 0 Å². The molecule has 1 amide bonds. The fraction of sp³-hybridized carbons (Fsp3) is 0.500. The summed E-state index contributed by atoms with van der Waals surface area (Å²) in [6, 6.07) is 1.53. The summed E-state index contributed by atoms with van der Waals surface area (Å²) in [7, 11) is 1.69. The summed E-state index contributed by atoms with van der Waals surface area (Å²) in [5.41, 5.74) is 11.6. The van der Waals surface area contributed by atoms with Crippen LogP contribution in [0.4, 0.5) is 11.5 Å². The lowest BCUT2D eigenvalue weighted by Gasteiger charge is -2.09. The predicted octanol–water partition coefficient (Wildman–Crippen LogP) is 0.991. The van der Waals surface area contributed by atoms with Crippen molar-refractivity contribution < 1.29 is 9.53 Å². The average Bonchev–Trinajstić information content (AvgIpc) is 2.35. The van der Waals surface area contributed by atoms with Crippen LogP contribution in [0, 0.1) is 0 Å². The van der Waals surface area contributed by atoms with Crippen LogP contribution in [-0.2, 0) is 4.74 Å². The molecule has 0 radical (unpaired) electrons. The molecule has 100 valence electrons. The standard InChI is InChI=1S/C12H20N4O2/c1-18-6-4-2-3-5-15-12-10(11(14)17)7-9(13)8-16-12/h7-8H,2-6,13H2,1H3,(H2,14,17)(H,15,16). The Kier molecular flexibility index (Phi) is 5.93. The number of hydrogen-bond acceptors (Lipinski definition) is 5. The minimum absolute atomic E-state index is 0.326. The smallest absolute Gasteiger partial charge is 0.252 e. The number of amides is 1. The van der Waals surface area contributed by atoms with Crippen molar-refractivity contribution in [1.29, 1.82) is 0 Å². The fourth-order valence-electron chi connectivity index (χ4n) is 1.56. The molecule has 0 saturated carbocycles. The summed E-state index contributed by atoms with van der Waals surface area (Å²) in [4.78, 5) is 15.3. The Bertz CT molecular complexity index is 396. The maximum absolute atomic E-state index is 11.2. The second-order valence-corrected chi connectivity index (χ2v) is 4.01. The largest absolute Gasteiger partial charge is 0.397 e. The number of primary amides is 1. The van der Waals surface area contributed by atoms with E-state index >= 15 is 0 Å². The predicted molar refractivity (Wildman–Crippen MR) is 71.4 cm³/mol. The van der Waals surface area contributed by atoms with Gasteiger partial charge in [-0.3, -0.25) is 4.79 Å². The monoisotopic (exact) mass is 252 g/mol. The molecule has 0 unspecified atom stereocenters. The van der Waals surface area contributed by atoms with Crippen molar-refractivity contribution in [2.75, 3.05) is 31.3 Å². The third-order valence-corrected chi connectivity index (χ3v) is 2.49. The number of ether oxygens (including phenoxy) is 1. The van der Waals surface area contributed by atoms with Crippen LogP contribution in [0.15, 0.2) is 12.3 Å². The molecule has 0 aromatic carbocycles. The van der Waals surface area contributed by atoms with Crippen molar-refractivity contribution in [1.82, 2.24) is 4.98 Å². The molecular weight excluding hydrogens is 232 g/mol. The Labute approximate surface area is 107 Å². The minimum atomic E-state index is -0.531. The number of carbonyl (C=O) groups is 1. The second-order valence-electron chi connectivity index (χ2n) is 4.01. The van der Waals surface area contributed by atoms with E-state index in [1.807, 2.05) is 0 Å². The van der Waals surface area contributed by atoms with Gasteiger partial charge in [0, 0.05) is 20.3 Å². The molecule has 6 nitrogen and oxygen atoms in total. The van der Waals surface area contributed by atoms with E-state index < -0.39 is 5.91 Å². The Morgan fingerprint density at radius 1 is 1.44 bits per heavy atom. The average molecular weight is 252 g/mol. The number of carbonyl (C=O) groups excluding carboxylic acids is 1. The van der Waals surface area contributed by atoms with Gasteiger partial charge in [-0.15, -0.1) is 0 Å². The third kappa shape index (κ3) is 4.58. The number of hydrogen-bond donors (Lipinski definition) is 3. The van der Waals surface area contributed by atoms with Crippen LogP contribution in [0.3, 0.4) is 0 Å². The number of methoxy groups -OCH3 is 1. The van der Waals surface area contributed by atoms with Crippen LogP contribution in [0.1, 0.15) is 29.6 Å². The van der Waals surface area contributed by atoms with Gasteiger partial charge >= 0.3 is 0 Å². The number of anilines is 2. The first kappa shape index (κ1) is 14.2. The van der Waals surface area contributed by atoms with Crippen molar-refractivity contribution in [2.45, 2.75) is 19.3 Å². The fourth-order valence-corrected chi connectivity index (χ4v) is 1.56. The number of aromatic nitrogens is 1. The van der Waals surface area contributed by atoms with Crippen molar-refractivity contribution in [3.05, 3.63) is 17.8 Å². The highest BCUT2D eigenvalue weighted by atomic mass is 16.5. The minimum Gasteiger partial charge on any atom is -0.397 e. The quantitative estimate of drug-likeness (QED) is 0.599. The first-order chi connectivity index (χ1) is 8.65. The highest BCUT2D eigenvalue weighted by Gasteiger charge is 2.09. The number of rotatable bonds is 8. The van der Waals surface area contributed by atoms with Gasteiger partial charge in [0.1, 0.15) is 5.82 Å². The number of pyridine rings is 1. The number of nitrogens with one attached hydrogen (secondary N) is 1. The molecule has 0 saturated heterocycles. The lowest BCUT2D eigenvalue weighted by molar-refractivity contribution is 0.100. The topological polar surface area (TPSA) is 103 Å². The van der Waals surface area contributed by atoms with Gasteiger partial charge in [-0.05, 0) is 25.3 Å². The van der Waals surface area contributed by atoms with E-state index in [1.54, 1.807) is 7.11 Å². The van der Waals surface area contributed by atoms with Gasteiger partial charge in [0.15, 0.2) is 0 Å². The van der Waals surface area contributed by atoms with Crippen molar-refractivity contribution in [2.24, 2.45) is 5.73 Å². The molecule has 0 bridgehead atoms. The lowest BCUT2D eigenvalue weighted by atomic mass is 10.2. The van der Waals surface area contributed by atoms with Gasteiger partial charge in [-0.2, -0.15) is 0 Å². The highest BCUT2D eigenvalue weighted by Crippen LogP contribution is 2.14. The summed E-state index contributed by atoms with van der Waals surface area (Å²) < 4.78 is 4.96. The van der Waals surface area contributed by atoms with E-state index in [0.29, 0.717) is 17.1 Å². The highest BCUT2D eigenvalue weighted by molar-refractivity contribution is 5.98. The maximum Gasteiger partial charge on any atom is 0.252 e. The summed E-state index contributed by atoms with van der Waals surface area (Å²) in [5, 5.41) is 3.09. The van der Waals surface area contributed by atoms with E-state index in [-0.39, 0.29) is 0 Å². The number of nitrogens with zero attached hydrogens (tertiary/aromatic N) is 1. The molecule has 6 heteroatoms. The molecule has 1 heterocycles. The number of nitrogens with two attached hydrogens (primary N) is 2. The van der Waals surface area contributed by atoms with Crippen LogP contribution >= 0.6 is 0 Å². The van der Waals surface area contributed by atoms with Gasteiger partial charge in [0.25, 0.3) is 5.91 Å². The zero-order valence-electron chi connectivity index (χ0n) is 10.6.